The smallest absolute Gasteiger partial charge is 0.0406 e. The topological polar surface area (TPSA) is 0 Å². The van der Waals surface area contributed by atoms with Gasteiger partial charge in [-0.15, -0.1) is 0 Å². The van der Waals surface area contributed by atoms with Crippen molar-refractivity contribution in [3.8, 4) is 11.1 Å². The third-order valence-electron chi connectivity index (χ3n) is 3.37. The van der Waals surface area contributed by atoms with Gasteiger partial charge in [0.15, 0.2) is 0 Å². The zero-order valence-corrected chi connectivity index (χ0v) is 12.3. The molecule has 0 nitrogen and oxygen atoms in total. The molecule has 0 bridgehead atoms. The third-order valence-corrected chi connectivity index (χ3v) is 3.62. The predicted octanol–water partition coefficient (Wildman–Crippen LogP) is 6.18. The van der Waals surface area contributed by atoms with Gasteiger partial charge in [-0.25, -0.2) is 0 Å². The van der Waals surface area contributed by atoms with Gasteiger partial charge >= 0.3 is 0 Å². The van der Waals surface area contributed by atoms with Gasteiger partial charge in [0.05, 0.1) is 0 Å². The highest BCUT2D eigenvalue weighted by Gasteiger charge is 2.01. The van der Waals surface area contributed by atoms with Gasteiger partial charge < -0.3 is 0 Å². The predicted molar refractivity (Wildman–Crippen MR) is 92.3 cm³/mol. The molecule has 0 aliphatic carbocycles. The minimum atomic E-state index is 0.760. The summed E-state index contributed by atoms with van der Waals surface area (Å²) in [6.45, 7) is 0. The Balaban J connectivity index is 1.96. The fourth-order valence-electron chi connectivity index (χ4n) is 2.28. The van der Waals surface area contributed by atoms with Crippen LogP contribution in [-0.2, 0) is 0 Å². The van der Waals surface area contributed by atoms with Crippen molar-refractivity contribution >= 4 is 23.8 Å². The lowest BCUT2D eigenvalue weighted by Gasteiger charge is -2.06. The quantitative estimate of drug-likeness (QED) is 0.505. The van der Waals surface area contributed by atoms with Crippen LogP contribution in [0.3, 0.4) is 0 Å². The Labute approximate surface area is 130 Å². The van der Waals surface area contributed by atoms with E-state index in [1.165, 1.54) is 22.3 Å². The Morgan fingerprint density at radius 1 is 0.619 bits per heavy atom. The molecule has 21 heavy (non-hydrogen) atoms. The average molecular weight is 291 g/mol. The summed E-state index contributed by atoms with van der Waals surface area (Å²) in [6, 6.07) is 26.7. The van der Waals surface area contributed by atoms with Gasteiger partial charge in [-0.1, -0.05) is 90.5 Å². The number of hydrogen-bond acceptors (Lipinski definition) is 0. The van der Waals surface area contributed by atoms with E-state index < -0.39 is 0 Å². The molecule has 0 fully saturated rings. The molecule has 3 aromatic carbocycles. The highest BCUT2D eigenvalue weighted by atomic mass is 35.5. The van der Waals surface area contributed by atoms with E-state index in [1.54, 1.807) is 0 Å². The molecule has 0 radical (unpaired) electrons. The molecular weight excluding hydrogens is 276 g/mol. The van der Waals surface area contributed by atoms with Crippen molar-refractivity contribution in [2.75, 3.05) is 0 Å². The van der Waals surface area contributed by atoms with Crippen molar-refractivity contribution in [3.63, 3.8) is 0 Å². The zero-order chi connectivity index (χ0) is 14.5. The standard InChI is InChI=1S/C20H15Cl/c21-19-14-12-18(13-15-19)20-9-5-4-8-17(20)11-10-16-6-2-1-3-7-16/h1-15H. The van der Waals surface area contributed by atoms with Crippen LogP contribution in [-0.4, -0.2) is 0 Å². The first kappa shape index (κ1) is 13.7. The van der Waals surface area contributed by atoms with Crippen molar-refractivity contribution in [3.05, 3.63) is 95.0 Å². The highest BCUT2D eigenvalue weighted by molar-refractivity contribution is 6.30. The number of rotatable bonds is 3. The van der Waals surface area contributed by atoms with E-state index in [0.717, 1.165) is 5.02 Å². The molecule has 102 valence electrons. The van der Waals surface area contributed by atoms with E-state index in [4.69, 9.17) is 11.6 Å². The largest absolute Gasteiger partial charge is 0.0843 e. The summed E-state index contributed by atoms with van der Waals surface area (Å²) in [4.78, 5) is 0. The molecule has 0 atom stereocenters. The average Bonchev–Trinajstić information content (AvgIpc) is 2.55. The van der Waals surface area contributed by atoms with Crippen LogP contribution in [0.25, 0.3) is 23.3 Å². The highest BCUT2D eigenvalue weighted by Crippen LogP contribution is 2.26. The fraction of sp³-hybridized carbons (Fsp3) is 0. The molecule has 0 unspecified atom stereocenters. The van der Waals surface area contributed by atoms with E-state index in [1.807, 2.05) is 30.3 Å². The van der Waals surface area contributed by atoms with Crippen molar-refractivity contribution in [2.24, 2.45) is 0 Å². The van der Waals surface area contributed by atoms with Gasteiger partial charge in [0.2, 0.25) is 0 Å². The Hall–Kier alpha value is -2.31. The van der Waals surface area contributed by atoms with Gasteiger partial charge in [0.1, 0.15) is 0 Å². The fourth-order valence-corrected chi connectivity index (χ4v) is 2.41. The Kier molecular flexibility index (Phi) is 4.18. The van der Waals surface area contributed by atoms with Crippen LogP contribution in [0, 0.1) is 0 Å². The Morgan fingerprint density at radius 2 is 1.29 bits per heavy atom. The Bertz CT molecular complexity index is 740. The molecule has 1 heteroatoms. The molecule has 0 aliphatic heterocycles. The lowest BCUT2D eigenvalue weighted by atomic mass is 9.99. The van der Waals surface area contributed by atoms with Gasteiger partial charge in [-0.05, 0) is 34.4 Å². The zero-order valence-electron chi connectivity index (χ0n) is 11.5. The van der Waals surface area contributed by atoms with Crippen LogP contribution >= 0.6 is 11.6 Å². The van der Waals surface area contributed by atoms with Crippen molar-refractivity contribution in [1.29, 1.82) is 0 Å². The number of halogens is 1. The van der Waals surface area contributed by atoms with Crippen LogP contribution in [0.1, 0.15) is 11.1 Å². The molecule has 0 saturated heterocycles. The summed E-state index contributed by atoms with van der Waals surface area (Å²) in [7, 11) is 0. The van der Waals surface area contributed by atoms with Crippen molar-refractivity contribution < 1.29 is 0 Å². The van der Waals surface area contributed by atoms with Crippen LogP contribution in [0.2, 0.25) is 5.02 Å². The number of benzene rings is 3. The van der Waals surface area contributed by atoms with E-state index >= 15 is 0 Å². The minimum Gasteiger partial charge on any atom is -0.0843 e. The normalized spacial score (nSPS) is 10.9. The van der Waals surface area contributed by atoms with E-state index in [0.29, 0.717) is 0 Å². The second kappa shape index (κ2) is 6.43. The maximum Gasteiger partial charge on any atom is 0.0406 e. The first-order chi connectivity index (χ1) is 10.3. The van der Waals surface area contributed by atoms with E-state index in [-0.39, 0.29) is 0 Å². The lowest BCUT2D eigenvalue weighted by Crippen LogP contribution is -1.82. The summed E-state index contributed by atoms with van der Waals surface area (Å²) >= 11 is 5.97. The van der Waals surface area contributed by atoms with Crippen LogP contribution < -0.4 is 0 Å². The molecular formula is C20H15Cl. The van der Waals surface area contributed by atoms with Crippen LogP contribution in [0.5, 0.6) is 0 Å². The molecule has 0 aromatic heterocycles. The second-order valence-electron chi connectivity index (χ2n) is 4.84. The van der Waals surface area contributed by atoms with Crippen LogP contribution in [0.4, 0.5) is 0 Å². The first-order valence-corrected chi connectivity index (χ1v) is 7.29. The molecule has 0 spiro atoms. The summed E-state index contributed by atoms with van der Waals surface area (Å²) in [6.07, 6.45) is 4.29. The SMILES string of the molecule is Clc1ccc(-c2ccccc2C=Cc2ccccc2)cc1. The van der Waals surface area contributed by atoms with Gasteiger partial charge in [-0.2, -0.15) is 0 Å². The molecule has 0 saturated carbocycles. The molecule has 3 rings (SSSR count). The molecule has 0 amide bonds. The second-order valence-corrected chi connectivity index (χ2v) is 5.27. The summed E-state index contributed by atoms with van der Waals surface area (Å²) in [5, 5.41) is 0.760. The Morgan fingerprint density at radius 3 is 2.05 bits per heavy atom. The van der Waals surface area contributed by atoms with Gasteiger partial charge in [0, 0.05) is 5.02 Å². The van der Waals surface area contributed by atoms with E-state index in [2.05, 4.69) is 60.7 Å². The maximum absolute atomic E-state index is 5.97. The maximum atomic E-state index is 5.97. The third kappa shape index (κ3) is 3.42. The molecule has 0 aliphatic rings. The van der Waals surface area contributed by atoms with Gasteiger partial charge in [-0.3, -0.25) is 0 Å². The number of hydrogen-bond donors (Lipinski definition) is 0. The minimum absolute atomic E-state index is 0.760. The summed E-state index contributed by atoms with van der Waals surface area (Å²) in [5.41, 5.74) is 4.78. The van der Waals surface area contributed by atoms with Gasteiger partial charge in [0.25, 0.3) is 0 Å². The molecule has 3 aromatic rings. The van der Waals surface area contributed by atoms with Crippen molar-refractivity contribution in [2.45, 2.75) is 0 Å². The van der Waals surface area contributed by atoms with Crippen LogP contribution in [0.15, 0.2) is 78.9 Å². The van der Waals surface area contributed by atoms with E-state index in [9.17, 15) is 0 Å². The van der Waals surface area contributed by atoms with Crippen molar-refractivity contribution in [1.82, 2.24) is 0 Å². The molecule has 0 heterocycles. The first-order valence-electron chi connectivity index (χ1n) is 6.91. The lowest BCUT2D eigenvalue weighted by molar-refractivity contribution is 1.59. The summed E-state index contributed by atoms with van der Waals surface area (Å²) in [5.74, 6) is 0. The summed E-state index contributed by atoms with van der Waals surface area (Å²) < 4.78 is 0. The monoisotopic (exact) mass is 290 g/mol. The molecule has 0 N–H and O–H groups in total.